The van der Waals surface area contributed by atoms with Crippen molar-refractivity contribution in [2.45, 2.75) is 56.5 Å². The monoisotopic (exact) mass is 427 g/mol. The molecule has 1 heterocycles. The minimum atomic E-state index is -3.56. The van der Waals surface area contributed by atoms with Crippen LogP contribution in [0.15, 0.2) is 29.2 Å². The van der Waals surface area contributed by atoms with Gasteiger partial charge in [-0.15, -0.1) is 0 Å². The number of carbonyl (C=O) groups is 1. The Morgan fingerprint density at radius 1 is 1.18 bits per heavy atom. The summed E-state index contributed by atoms with van der Waals surface area (Å²) in [5.74, 6) is 0.564. The van der Waals surface area contributed by atoms with Crippen molar-refractivity contribution in [3.05, 3.63) is 29.3 Å². The first-order valence-corrected chi connectivity index (χ1v) is 11.9. The van der Waals surface area contributed by atoms with Crippen LogP contribution in [-0.2, 0) is 14.8 Å². The summed E-state index contributed by atoms with van der Waals surface area (Å²) >= 11 is 5.94. The van der Waals surface area contributed by atoms with E-state index >= 15 is 0 Å². The summed E-state index contributed by atoms with van der Waals surface area (Å²) in [6, 6.07) is 6.34. The summed E-state index contributed by atoms with van der Waals surface area (Å²) in [7, 11) is -3.56. The lowest BCUT2D eigenvalue weighted by Crippen LogP contribution is -2.56. The van der Waals surface area contributed by atoms with Gasteiger partial charge in [0.15, 0.2) is 0 Å². The lowest BCUT2D eigenvalue weighted by molar-refractivity contribution is -0.127. The molecule has 8 heteroatoms. The molecule has 0 aromatic heterocycles. The topological polar surface area (TPSA) is 69.7 Å². The fraction of sp³-hybridized carbons (Fsp3) is 0.650. The van der Waals surface area contributed by atoms with Crippen LogP contribution >= 0.6 is 11.6 Å². The Kier molecular flexibility index (Phi) is 7.02. The van der Waals surface area contributed by atoms with Gasteiger partial charge in [0.2, 0.25) is 15.9 Å². The number of piperazine rings is 1. The predicted molar refractivity (Wildman–Crippen MR) is 111 cm³/mol. The van der Waals surface area contributed by atoms with Crippen molar-refractivity contribution in [3.63, 3.8) is 0 Å². The van der Waals surface area contributed by atoms with Crippen molar-refractivity contribution < 1.29 is 13.2 Å². The molecule has 6 nitrogen and oxygen atoms in total. The number of rotatable bonds is 5. The average Bonchev–Trinajstić information content (AvgIpc) is 2.69. The molecule has 0 spiro atoms. The SMILES string of the molecule is CC1CCCCC1NC(=O)C(C)N1CCN(S(=O)(=O)c2cccc(Cl)c2)CC1. The molecule has 1 aromatic carbocycles. The second-order valence-electron chi connectivity index (χ2n) is 7.95. The number of nitrogens with one attached hydrogen (secondary N) is 1. The van der Waals surface area contributed by atoms with Crippen LogP contribution in [0.2, 0.25) is 5.02 Å². The third-order valence-corrected chi connectivity index (χ3v) is 8.20. The maximum Gasteiger partial charge on any atom is 0.243 e. The van der Waals surface area contributed by atoms with Crippen molar-refractivity contribution in [2.75, 3.05) is 26.2 Å². The van der Waals surface area contributed by atoms with Gasteiger partial charge in [0.05, 0.1) is 10.9 Å². The minimum Gasteiger partial charge on any atom is -0.352 e. The molecule has 1 aromatic rings. The summed E-state index contributed by atoms with van der Waals surface area (Å²) in [4.78, 5) is 15.0. The van der Waals surface area contributed by atoms with E-state index in [0.717, 1.165) is 6.42 Å². The van der Waals surface area contributed by atoms with E-state index in [1.807, 2.05) is 6.92 Å². The quantitative estimate of drug-likeness (QED) is 0.784. The second kappa shape index (κ2) is 9.11. The molecule has 3 unspecified atom stereocenters. The standard InChI is InChI=1S/C20H30ClN3O3S/c1-15-6-3-4-9-19(15)22-20(25)16(2)23-10-12-24(13-11-23)28(26,27)18-8-5-7-17(21)14-18/h5,7-8,14-16,19H,3-4,6,9-13H2,1-2H3,(H,22,25). The Labute approximate surface area is 173 Å². The molecule has 1 saturated heterocycles. The van der Waals surface area contributed by atoms with Gasteiger partial charge in [-0.25, -0.2) is 8.42 Å². The molecule has 1 amide bonds. The van der Waals surface area contributed by atoms with E-state index in [1.54, 1.807) is 18.2 Å². The van der Waals surface area contributed by atoms with E-state index in [1.165, 1.54) is 29.6 Å². The Morgan fingerprint density at radius 2 is 1.86 bits per heavy atom. The van der Waals surface area contributed by atoms with Crippen LogP contribution in [0.3, 0.4) is 0 Å². The molecule has 1 N–H and O–H groups in total. The molecule has 2 fully saturated rings. The van der Waals surface area contributed by atoms with Gasteiger partial charge in [-0.1, -0.05) is 37.4 Å². The highest BCUT2D eigenvalue weighted by molar-refractivity contribution is 7.89. The highest BCUT2D eigenvalue weighted by Crippen LogP contribution is 2.24. The van der Waals surface area contributed by atoms with Crippen LogP contribution in [0.25, 0.3) is 0 Å². The predicted octanol–water partition coefficient (Wildman–Crippen LogP) is 2.73. The Bertz CT molecular complexity index is 794. The number of sulfonamides is 1. The number of halogens is 1. The summed E-state index contributed by atoms with van der Waals surface area (Å²) < 4.78 is 27.1. The summed E-state index contributed by atoms with van der Waals surface area (Å²) in [6.07, 6.45) is 4.63. The second-order valence-corrected chi connectivity index (χ2v) is 10.3. The zero-order valence-corrected chi connectivity index (χ0v) is 18.2. The number of carbonyl (C=O) groups excluding carboxylic acids is 1. The molecular weight excluding hydrogens is 398 g/mol. The molecule has 0 bridgehead atoms. The van der Waals surface area contributed by atoms with E-state index in [2.05, 4.69) is 17.1 Å². The Hall–Kier alpha value is -1.15. The third-order valence-electron chi connectivity index (χ3n) is 6.07. The molecule has 3 rings (SSSR count). The zero-order chi connectivity index (χ0) is 20.3. The van der Waals surface area contributed by atoms with Crippen molar-refractivity contribution in [3.8, 4) is 0 Å². The summed E-state index contributed by atoms with van der Waals surface area (Å²) in [6.45, 7) is 5.92. The van der Waals surface area contributed by atoms with Gasteiger partial charge in [-0.05, 0) is 43.9 Å². The van der Waals surface area contributed by atoms with Crippen LogP contribution in [0.1, 0.15) is 39.5 Å². The van der Waals surface area contributed by atoms with Gasteiger partial charge in [0, 0.05) is 37.2 Å². The van der Waals surface area contributed by atoms with Gasteiger partial charge >= 0.3 is 0 Å². The number of hydrogen-bond acceptors (Lipinski definition) is 4. The van der Waals surface area contributed by atoms with Crippen molar-refractivity contribution in [1.29, 1.82) is 0 Å². The first-order chi connectivity index (χ1) is 13.3. The Balaban J connectivity index is 1.56. The molecule has 2 aliphatic rings. The number of benzene rings is 1. The number of hydrogen-bond donors (Lipinski definition) is 1. The van der Waals surface area contributed by atoms with Crippen LogP contribution in [-0.4, -0.2) is 61.8 Å². The van der Waals surface area contributed by atoms with E-state index in [0.29, 0.717) is 37.1 Å². The Morgan fingerprint density at radius 3 is 2.50 bits per heavy atom. The smallest absolute Gasteiger partial charge is 0.243 e. The molecule has 156 valence electrons. The molecule has 0 radical (unpaired) electrons. The molecule has 1 saturated carbocycles. The van der Waals surface area contributed by atoms with Crippen molar-refractivity contribution in [2.24, 2.45) is 5.92 Å². The highest BCUT2D eigenvalue weighted by atomic mass is 35.5. The number of nitrogens with zero attached hydrogens (tertiary/aromatic N) is 2. The van der Waals surface area contributed by atoms with Gasteiger partial charge in [-0.3, -0.25) is 9.69 Å². The molecular formula is C20H30ClN3O3S. The molecule has 28 heavy (non-hydrogen) atoms. The summed E-state index contributed by atoms with van der Waals surface area (Å²) in [5.41, 5.74) is 0. The van der Waals surface area contributed by atoms with Crippen molar-refractivity contribution >= 4 is 27.5 Å². The average molecular weight is 428 g/mol. The van der Waals surface area contributed by atoms with E-state index in [4.69, 9.17) is 11.6 Å². The van der Waals surface area contributed by atoms with Crippen molar-refractivity contribution in [1.82, 2.24) is 14.5 Å². The van der Waals surface area contributed by atoms with Gasteiger partial charge < -0.3 is 5.32 Å². The maximum absolute atomic E-state index is 12.8. The normalized spacial score (nSPS) is 26.0. The van der Waals surface area contributed by atoms with Gasteiger partial charge in [0.25, 0.3) is 0 Å². The molecule has 1 aliphatic carbocycles. The fourth-order valence-electron chi connectivity index (χ4n) is 4.11. The highest BCUT2D eigenvalue weighted by Gasteiger charge is 2.33. The van der Waals surface area contributed by atoms with E-state index in [-0.39, 0.29) is 22.9 Å². The largest absolute Gasteiger partial charge is 0.352 e. The van der Waals surface area contributed by atoms with E-state index in [9.17, 15) is 13.2 Å². The zero-order valence-electron chi connectivity index (χ0n) is 16.6. The minimum absolute atomic E-state index is 0.0462. The maximum atomic E-state index is 12.8. The van der Waals surface area contributed by atoms with E-state index < -0.39 is 10.0 Å². The third kappa shape index (κ3) is 4.87. The van der Waals surface area contributed by atoms with Gasteiger partial charge in [-0.2, -0.15) is 4.31 Å². The van der Waals surface area contributed by atoms with Crippen LogP contribution in [0.5, 0.6) is 0 Å². The lowest BCUT2D eigenvalue weighted by Gasteiger charge is -2.38. The fourth-order valence-corrected chi connectivity index (χ4v) is 5.83. The van der Waals surface area contributed by atoms with Crippen LogP contribution in [0, 0.1) is 5.92 Å². The molecule has 1 aliphatic heterocycles. The lowest BCUT2D eigenvalue weighted by atomic mass is 9.86. The van der Waals surface area contributed by atoms with Crippen LogP contribution in [0.4, 0.5) is 0 Å². The molecule has 3 atom stereocenters. The first kappa shape index (κ1) is 21.6. The van der Waals surface area contributed by atoms with Gasteiger partial charge in [0.1, 0.15) is 0 Å². The number of amides is 1. The first-order valence-electron chi connectivity index (χ1n) is 10.1. The van der Waals surface area contributed by atoms with Crippen LogP contribution < -0.4 is 5.32 Å². The summed E-state index contributed by atoms with van der Waals surface area (Å²) in [5, 5.41) is 3.62.